The van der Waals surface area contributed by atoms with E-state index in [0.29, 0.717) is 17.1 Å². The number of Topliss-reactive ketones (excluding diaryl/α,β-unsaturated/α-hetero) is 1. The standard InChI is InChI=1S/C16H17ClN2O/c1-12(16(20)14-5-7-15(17)8-6-14)19(2)11-13-4-3-9-18-10-13/h3-10,12H,11H2,1-2H3. The Balaban J connectivity index is 2.04. The third-order valence-corrected chi connectivity index (χ3v) is 3.58. The molecule has 1 unspecified atom stereocenters. The quantitative estimate of drug-likeness (QED) is 0.790. The number of hydrogen-bond donors (Lipinski definition) is 0. The molecule has 1 heterocycles. The van der Waals surface area contributed by atoms with Crippen molar-refractivity contribution in [3.05, 3.63) is 64.9 Å². The average molecular weight is 289 g/mol. The number of rotatable bonds is 5. The number of ketones is 1. The Labute approximate surface area is 124 Å². The highest BCUT2D eigenvalue weighted by Crippen LogP contribution is 2.14. The molecule has 0 saturated heterocycles. The van der Waals surface area contributed by atoms with Crippen molar-refractivity contribution >= 4 is 17.4 Å². The maximum Gasteiger partial charge on any atom is 0.179 e. The molecule has 104 valence electrons. The van der Waals surface area contributed by atoms with Crippen LogP contribution in [0.4, 0.5) is 0 Å². The molecule has 0 spiro atoms. The van der Waals surface area contributed by atoms with E-state index in [-0.39, 0.29) is 11.8 Å². The van der Waals surface area contributed by atoms with Gasteiger partial charge in [0, 0.05) is 29.5 Å². The van der Waals surface area contributed by atoms with Crippen LogP contribution < -0.4 is 0 Å². The van der Waals surface area contributed by atoms with Gasteiger partial charge in [-0.05, 0) is 49.9 Å². The second-order valence-corrected chi connectivity index (χ2v) is 5.26. The summed E-state index contributed by atoms with van der Waals surface area (Å²) in [6, 6.07) is 10.7. The first-order valence-corrected chi connectivity index (χ1v) is 6.84. The molecule has 0 saturated carbocycles. The number of pyridine rings is 1. The van der Waals surface area contributed by atoms with E-state index in [9.17, 15) is 4.79 Å². The average Bonchev–Trinajstić information content (AvgIpc) is 2.47. The summed E-state index contributed by atoms with van der Waals surface area (Å²) in [5, 5.41) is 0.637. The fourth-order valence-corrected chi connectivity index (χ4v) is 2.10. The highest BCUT2D eigenvalue weighted by Gasteiger charge is 2.19. The Hall–Kier alpha value is -1.71. The van der Waals surface area contributed by atoms with Gasteiger partial charge in [0.1, 0.15) is 0 Å². The first-order chi connectivity index (χ1) is 9.58. The normalized spacial score (nSPS) is 12.4. The van der Waals surface area contributed by atoms with Crippen molar-refractivity contribution in [2.75, 3.05) is 7.05 Å². The molecule has 3 nitrogen and oxygen atoms in total. The minimum Gasteiger partial charge on any atom is -0.292 e. The second-order valence-electron chi connectivity index (χ2n) is 4.82. The summed E-state index contributed by atoms with van der Waals surface area (Å²) in [5.41, 5.74) is 1.77. The number of benzene rings is 1. The number of likely N-dealkylation sites (N-methyl/N-ethyl adjacent to an activating group) is 1. The first-order valence-electron chi connectivity index (χ1n) is 6.47. The number of carbonyl (C=O) groups excluding carboxylic acids is 1. The van der Waals surface area contributed by atoms with Gasteiger partial charge in [-0.15, -0.1) is 0 Å². The lowest BCUT2D eigenvalue weighted by Gasteiger charge is -2.23. The fourth-order valence-electron chi connectivity index (χ4n) is 1.97. The smallest absolute Gasteiger partial charge is 0.179 e. The Morgan fingerprint density at radius 2 is 2.00 bits per heavy atom. The molecular weight excluding hydrogens is 272 g/mol. The van der Waals surface area contributed by atoms with Crippen molar-refractivity contribution < 1.29 is 4.79 Å². The van der Waals surface area contributed by atoms with E-state index in [0.717, 1.165) is 5.56 Å². The summed E-state index contributed by atoms with van der Waals surface area (Å²) >= 11 is 5.84. The summed E-state index contributed by atoms with van der Waals surface area (Å²) < 4.78 is 0. The van der Waals surface area contributed by atoms with Crippen molar-refractivity contribution in [1.82, 2.24) is 9.88 Å². The molecule has 4 heteroatoms. The molecule has 0 bridgehead atoms. The van der Waals surface area contributed by atoms with Crippen LogP contribution in [0.25, 0.3) is 0 Å². The second kappa shape index (κ2) is 6.64. The summed E-state index contributed by atoms with van der Waals surface area (Å²) in [4.78, 5) is 18.5. The Morgan fingerprint density at radius 1 is 1.30 bits per heavy atom. The largest absolute Gasteiger partial charge is 0.292 e. The van der Waals surface area contributed by atoms with Gasteiger partial charge in [-0.3, -0.25) is 14.7 Å². The van der Waals surface area contributed by atoms with E-state index < -0.39 is 0 Å². The third kappa shape index (κ3) is 3.65. The Bertz CT molecular complexity index is 569. The van der Waals surface area contributed by atoms with Gasteiger partial charge in [-0.25, -0.2) is 0 Å². The molecular formula is C16H17ClN2O. The van der Waals surface area contributed by atoms with E-state index in [1.165, 1.54) is 0 Å². The van der Waals surface area contributed by atoms with Crippen LogP contribution in [0.3, 0.4) is 0 Å². The zero-order valence-corrected chi connectivity index (χ0v) is 12.3. The monoisotopic (exact) mass is 288 g/mol. The molecule has 20 heavy (non-hydrogen) atoms. The van der Waals surface area contributed by atoms with Gasteiger partial charge in [0.05, 0.1) is 6.04 Å². The maximum atomic E-state index is 12.4. The first kappa shape index (κ1) is 14.7. The van der Waals surface area contributed by atoms with E-state index >= 15 is 0 Å². The highest BCUT2D eigenvalue weighted by molar-refractivity contribution is 6.30. The van der Waals surface area contributed by atoms with E-state index in [4.69, 9.17) is 11.6 Å². The molecule has 0 aliphatic heterocycles. The van der Waals surface area contributed by atoms with E-state index in [1.54, 1.807) is 30.5 Å². The molecule has 0 fully saturated rings. The van der Waals surface area contributed by atoms with Gasteiger partial charge in [0.15, 0.2) is 5.78 Å². The topological polar surface area (TPSA) is 33.2 Å². The van der Waals surface area contributed by atoms with Crippen LogP contribution in [-0.4, -0.2) is 28.8 Å². The molecule has 2 rings (SSSR count). The summed E-state index contributed by atoms with van der Waals surface area (Å²) in [7, 11) is 1.94. The third-order valence-electron chi connectivity index (χ3n) is 3.32. The lowest BCUT2D eigenvalue weighted by molar-refractivity contribution is 0.0862. The van der Waals surface area contributed by atoms with Crippen LogP contribution in [0.15, 0.2) is 48.8 Å². The molecule has 2 aromatic rings. The molecule has 0 aliphatic rings. The SMILES string of the molecule is CC(C(=O)c1ccc(Cl)cc1)N(C)Cc1cccnc1. The lowest BCUT2D eigenvalue weighted by atomic mass is 10.0. The zero-order chi connectivity index (χ0) is 14.5. The molecule has 0 N–H and O–H groups in total. The minimum absolute atomic E-state index is 0.0908. The van der Waals surface area contributed by atoms with Crippen molar-refractivity contribution in [2.45, 2.75) is 19.5 Å². The predicted octanol–water partition coefficient (Wildman–Crippen LogP) is 3.44. The van der Waals surface area contributed by atoms with Gasteiger partial charge in [0.2, 0.25) is 0 Å². The highest BCUT2D eigenvalue weighted by atomic mass is 35.5. The molecule has 1 atom stereocenters. The van der Waals surface area contributed by atoms with Crippen molar-refractivity contribution in [3.8, 4) is 0 Å². The predicted molar refractivity (Wildman–Crippen MR) is 80.9 cm³/mol. The Morgan fingerprint density at radius 3 is 2.60 bits per heavy atom. The zero-order valence-electron chi connectivity index (χ0n) is 11.6. The number of carbonyl (C=O) groups is 1. The van der Waals surface area contributed by atoms with Crippen molar-refractivity contribution in [1.29, 1.82) is 0 Å². The van der Waals surface area contributed by atoms with Crippen molar-refractivity contribution in [2.24, 2.45) is 0 Å². The van der Waals surface area contributed by atoms with Gasteiger partial charge in [-0.1, -0.05) is 17.7 Å². The lowest BCUT2D eigenvalue weighted by Crippen LogP contribution is -2.35. The van der Waals surface area contributed by atoms with Crippen molar-refractivity contribution in [3.63, 3.8) is 0 Å². The van der Waals surface area contributed by atoms with Gasteiger partial charge in [-0.2, -0.15) is 0 Å². The van der Waals surface area contributed by atoms with Gasteiger partial charge >= 0.3 is 0 Å². The van der Waals surface area contributed by atoms with Crippen LogP contribution >= 0.6 is 11.6 Å². The Kier molecular flexibility index (Phi) is 4.88. The molecule has 1 aromatic heterocycles. The van der Waals surface area contributed by atoms with Gasteiger partial charge in [0.25, 0.3) is 0 Å². The van der Waals surface area contributed by atoms with Crippen LogP contribution in [0, 0.1) is 0 Å². The van der Waals surface area contributed by atoms with Gasteiger partial charge < -0.3 is 0 Å². The molecule has 0 radical (unpaired) electrons. The number of aromatic nitrogens is 1. The molecule has 0 amide bonds. The molecule has 1 aromatic carbocycles. The van der Waals surface area contributed by atoms with Crippen LogP contribution in [0.5, 0.6) is 0 Å². The van der Waals surface area contributed by atoms with Crippen LogP contribution in [0.2, 0.25) is 5.02 Å². The van der Waals surface area contributed by atoms with Crippen LogP contribution in [-0.2, 0) is 6.54 Å². The minimum atomic E-state index is -0.198. The van der Waals surface area contributed by atoms with E-state index in [2.05, 4.69) is 4.98 Å². The molecule has 0 aliphatic carbocycles. The fraction of sp³-hybridized carbons (Fsp3) is 0.250. The van der Waals surface area contributed by atoms with Crippen LogP contribution in [0.1, 0.15) is 22.8 Å². The summed E-state index contributed by atoms with van der Waals surface area (Å²) in [6.07, 6.45) is 3.56. The number of hydrogen-bond acceptors (Lipinski definition) is 3. The van der Waals surface area contributed by atoms with E-state index in [1.807, 2.05) is 37.2 Å². The summed E-state index contributed by atoms with van der Waals surface area (Å²) in [6.45, 7) is 2.60. The number of nitrogens with zero attached hydrogens (tertiary/aromatic N) is 2. The summed E-state index contributed by atoms with van der Waals surface area (Å²) in [5.74, 6) is 0.0908. The maximum absolute atomic E-state index is 12.4. The number of halogens is 1.